The molecule has 610 valence electrons. The van der Waals surface area contributed by atoms with E-state index in [0.29, 0.717) is 63.4 Å². The van der Waals surface area contributed by atoms with Gasteiger partial charge in [-0.25, -0.2) is 0 Å². The number of nitrogens with zero attached hydrogens (tertiary/aromatic N) is 4. The van der Waals surface area contributed by atoms with Crippen molar-refractivity contribution in [3.8, 4) is 0 Å². The van der Waals surface area contributed by atoms with E-state index in [9.17, 15) is 43.2 Å². The Hall–Kier alpha value is -8.94. The number of likely N-dealkylation sites (tertiary alicyclic amines) is 3. The monoisotopic (exact) mass is 1530 g/mol. The Balaban J connectivity index is 1.35. The highest BCUT2D eigenvalue weighted by molar-refractivity contribution is 6.00. The Kier molecular flexibility index (Phi) is 36.6. The minimum absolute atomic E-state index is 0.00302. The molecule has 0 spiro atoms. The second kappa shape index (κ2) is 44.0. The van der Waals surface area contributed by atoms with Crippen molar-refractivity contribution < 1.29 is 62.3 Å². The van der Waals surface area contributed by atoms with Gasteiger partial charge in [-0.3, -0.25) is 67.3 Å². The van der Waals surface area contributed by atoms with Crippen molar-refractivity contribution in [3.63, 3.8) is 0 Å². The Bertz CT molecular complexity index is 3450. The summed E-state index contributed by atoms with van der Waals surface area (Å²) in [5.41, 5.74) is 30.0. The lowest BCUT2D eigenvalue weighted by Crippen LogP contribution is -2.61. The van der Waals surface area contributed by atoms with Gasteiger partial charge in [0, 0.05) is 49.7 Å². The van der Waals surface area contributed by atoms with Crippen molar-refractivity contribution in [1.82, 2.24) is 67.5 Å². The molecule has 0 unspecified atom stereocenters. The number of aromatic nitrogens is 1. The van der Waals surface area contributed by atoms with Crippen molar-refractivity contribution in [1.29, 1.82) is 0 Å². The number of amides is 13. The Labute approximate surface area is 642 Å². The molecule has 32 heteroatoms. The lowest BCUT2D eigenvalue weighted by molar-refractivity contribution is -0.144. The summed E-state index contributed by atoms with van der Waals surface area (Å²) in [7, 11) is 0. The third-order valence-electron chi connectivity index (χ3n) is 20.4. The van der Waals surface area contributed by atoms with E-state index in [2.05, 4.69) is 57.8 Å². The number of nitrogens with one attached hydrogen (secondary N) is 10. The van der Waals surface area contributed by atoms with Crippen LogP contribution in [0.15, 0.2) is 35.5 Å². The van der Waals surface area contributed by atoms with Crippen LogP contribution in [0.4, 0.5) is 0 Å². The fourth-order valence-electron chi connectivity index (χ4n) is 14.4. The minimum atomic E-state index is -1.34. The zero-order valence-electron chi connectivity index (χ0n) is 66.6. The molecule has 2 aromatic rings. The zero-order chi connectivity index (χ0) is 81.1. The number of para-hydroxylation sites is 1. The van der Waals surface area contributed by atoms with Crippen molar-refractivity contribution in [2.45, 2.75) is 284 Å². The standard InChI is InChI=1S/C77H129N19O13/c1-14-47(12)63(79)73(106)93-59(39-46(10)11)76(109)96-34-21-28-61(96)71(104)89-55(36-43(4)5)68(101)87-53(25-17-18-30-78)66(99)91-57(37-44(6)7)74(107)95-33-22-29-62(95)72(105)90-56(40-49-41-84-51-24-16-15-23-50(49)51)69(102)92-58(38-45(8)9)75(108)94-32-20-27-60(94)70(103)88-54(35-42(2)3)67(100)85-48(13)65(98)86-52(64(80)97)26-19-31-83-77(81)82/h15-16,23-24,41-48,52-63,84H,14,17-22,25-40,78-79H2,1-13H3,(H2,80,97)(H,85,100)(H,86,98)(H,87,101)(H,88,103)(H,89,104)(H,90,105)(H,91,99)(H,92,102)(H,93,106)(H4,81,82,83)/t47-,48-,52-,53-,54-,55-,56-,57-,58-,59-,60-,61-,62-,63-/m0/s1. The summed E-state index contributed by atoms with van der Waals surface area (Å²) >= 11 is 0. The normalized spacial score (nSPS) is 18.9. The summed E-state index contributed by atoms with van der Waals surface area (Å²) in [5.74, 6) is -9.02. The highest BCUT2D eigenvalue weighted by atomic mass is 16.2. The Morgan fingerprint density at radius 1 is 0.468 bits per heavy atom. The molecule has 3 aliphatic rings. The number of carbonyl (C=O) groups is 13. The molecular weight excluding hydrogens is 1400 g/mol. The minimum Gasteiger partial charge on any atom is -0.370 e. The van der Waals surface area contributed by atoms with Gasteiger partial charge in [0.1, 0.15) is 72.5 Å². The molecule has 20 N–H and O–H groups in total. The van der Waals surface area contributed by atoms with Gasteiger partial charge in [0.25, 0.3) is 0 Å². The predicted octanol–water partition coefficient (Wildman–Crippen LogP) is 1.34. The summed E-state index contributed by atoms with van der Waals surface area (Å²) < 4.78 is 0. The molecule has 14 atom stereocenters. The van der Waals surface area contributed by atoms with Gasteiger partial charge < -0.3 is 96.2 Å². The number of guanidine groups is 1. The molecule has 109 heavy (non-hydrogen) atoms. The number of aromatic amines is 1. The fraction of sp³-hybridized carbons (Fsp3) is 0.714. The molecule has 3 saturated heterocycles. The molecule has 3 fully saturated rings. The van der Waals surface area contributed by atoms with Crippen molar-refractivity contribution >= 4 is 93.7 Å². The van der Waals surface area contributed by atoms with Crippen LogP contribution in [0.2, 0.25) is 0 Å². The van der Waals surface area contributed by atoms with Gasteiger partial charge in [0.15, 0.2) is 5.96 Å². The van der Waals surface area contributed by atoms with Crippen LogP contribution in [0.5, 0.6) is 0 Å². The smallest absolute Gasteiger partial charge is 0.245 e. The molecule has 0 saturated carbocycles. The SMILES string of the molecule is CC[C@H](C)[C@H](N)C(=O)N[C@@H](CC(C)C)C(=O)N1CCC[C@H]1C(=O)N[C@@H](CC(C)C)C(=O)N[C@@H](CCCCN)C(=O)N[C@@H](CC(C)C)C(=O)N1CCC[C@H]1C(=O)N[C@@H](Cc1c[nH]c2ccccc12)C(=O)N[C@@H](CC(C)C)C(=O)N1CCC[C@H]1C(=O)N[C@@H](CC(C)C)C(=O)N[C@@H](C)C(=O)N[C@@H](CCCN=C(N)N)C(N)=O. The maximum absolute atomic E-state index is 15.2. The lowest BCUT2D eigenvalue weighted by atomic mass is 9.97. The van der Waals surface area contributed by atoms with Gasteiger partial charge >= 0.3 is 0 Å². The van der Waals surface area contributed by atoms with Crippen LogP contribution < -0.4 is 76.5 Å². The maximum atomic E-state index is 15.2. The molecule has 0 aliphatic carbocycles. The van der Waals surface area contributed by atoms with Crippen molar-refractivity contribution in [2.24, 2.45) is 69.2 Å². The van der Waals surface area contributed by atoms with Crippen LogP contribution >= 0.6 is 0 Å². The molecule has 4 heterocycles. The topological polar surface area (TPSA) is 498 Å². The largest absolute Gasteiger partial charge is 0.370 e. The van der Waals surface area contributed by atoms with E-state index >= 15 is 19.2 Å². The first kappa shape index (κ1) is 90.7. The van der Waals surface area contributed by atoms with Crippen LogP contribution in [-0.4, -0.2) is 214 Å². The first-order valence-electron chi connectivity index (χ1n) is 39.5. The first-order chi connectivity index (χ1) is 51.5. The van der Waals surface area contributed by atoms with Crippen molar-refractivity contribution in [3.05, 3.63) is 36.0 Å². The van der Waals surface area contributed by atoms with E-state index in [1.807, 2.05) is 107 Å². The molecule has 0 radical (unpaired) electrons. The summed E-state index contributed by atoms with van der Waals surface area (Å²) in [4.78, 5) is 197. The highest BCUT2D eigenvalue weighted by Gasteiger charge is 2.45. The number of hydrogen-bond donors (Lipinski definition) is 15. The number of rotatable bonds is 44. The van der Waals surface area contributed by atoms with E-state index in [0.717, 1.165) is 10.9 Å². The molecule has 0 bridgehead atoms. The third kappa shape index (κ3) is 27.8. The van der Waals surface area contributed by atoms with Crippen LogP contribution in [0.3, 0.4) is 0 Å². The van der Waals surface area contributed by atoms with E-state index < -0.39 is 155 Å². The summed E-state index contributed by atoms with van der Waals surface area (Å²) in [6.07, 6.45) is 6.65. The number of nitrogens with two attached hydrogens (primary N) is 5. The fourth-order valence-corrected chi connectivity index (χ4v) is 14.4. The number of hydrogen-bond acceptors (Lipinski definition) is 16. The van der Waals surface area contributed by atoms with Gasteiger partial charge in [-0.15, -0.1) is 0 Å². The molecule has 13 amide bonds. The molecule has 1 aromatic carbocycles. The second-order valence-electron chi connectivity index (χ2n) is 32.0. The average Bonchev–Trinajstić information content (AvgIpc) is 1.72. The van der Waals surface area contributed by atoms with Gasteiger partial charge in [0.2, 0.25) is 76.8 Å². The Morgan fingerprint density at radius 2 is 0.853 bits per heavy atom. The summed E-state index contributed by atoms with van der Waals surface area (Å²) in [6.45, 7) is 25.0. The maximum Gasteiger partial charge on any atom is 0.245 e. The van der Waals surface area contributed by atoms with Gasteiger partial charge in [-0.2, -0.15) is 0 Å². The number of benzene rings is 1. The molecule has 3 aliphatic heterocycles. The lowest BCUT2D eigenvalue weighted by Gasteiger charge is -2.33. The van der Waals surface area contributed by atoms with Crippen LogP contribution in [0, 0.1) is 35.5 Å². The zero-order valence-corrected chi connectivity index (χ0v) is 66.6. The van der Waals surface area contributed by atoms with Crippen LogP contribution in [0.25, 0.3) is 10.9 Å². The number of aliphatic imine (C=N–C) groups is 1. The van der Waals surface area contributed by atoms with E-state index in [-0.39, 0.29) is 132 Å². The number of primary amides is 1. The summed E-state index contributed by atoms with van der Waals surface area (Å²) in [6, 6.07) is -7.07. The van der Waals surface area contributed by atoms with Gasteiger partial charge in [0.05, 0.1) is 6.04 Å². The van der Waals surface area contributed by atoms with E-state index in [1.165, 1.54) is 21.6 Å². The molecule has 1 aromatic heterocycles. The van der Waals surface area contributed by atoms with Crippen molar-refractivity contribution in [2.75, 3.05) is 32.7 Å². The molecular formula is C77H129N19O13. The number of unbranched alkanes of at least 4 members (excludes halogenated alkanes) is 1. The average molecular weight is 1530 g/mol. The Morgan fingerprint density at radius 3 is 1.28 bits per heavy atom. The van der Waals surface area contributed by atoms with Gasteiger partial charge in [-0.05, 0) is 163 Å². The highest BCUT2D eigenvalue weighted by Crippen LogP contribution is 2.27. The molecule has 5 rings (SSSR count). The number of fused-ring (bicyclic) bond motifs is 1. The van der Waals surface area contributed by atoms with Crippen LogP contribution in [0.1, 0.15) is 205 Å². The quantitative estimate of drug-likeness (QED) is 0.0253. The predicted molar refractivity (Wildman–Crippen MR) is 416 cm³/mol. The van der Waals surface area contributed by atoms with Gasteiger partial charge in [-0.1, -0.05) is 108 Å². The van der Waals surface area contributed by atoms with E-state index in [1.54, 1.807) is 6.20 Å². The molecule has 32 nitrogen and oxygen atoms in total. The second-order valence-corrected chi connectivity index (χ2v) is 32.0. The third-order valence-corrected chi connectivity index (χ3v) is 20.4. The number of H-pyrrole nitrogens is 1. The first-order valence-corrected chi connectivity index (χ1v) is 39.5. The number of carbonyl (C=O) groups excluding carboxylic acids is 13. The summed E-state index contributed by atoms with van der Waals surface area (Å²) in [5, 5.41) is 26.3. The van der Waals surface area contributed by atoms with E-state index in [4.69, 9.17) is 28.7 Å². The van der Waals surface area contributed by atoms with Crippen LogP contribution in [-0.2, 0) is 68.7 Å².